The summed E-state index contributed by atoms with van der Waals surface area (Å²) >= 11 is 0. The molecule has 4 aliphatic rings. The van der Waals surface area contributed by atoms with Crippen LogP contribution in [0, 0.1) is 22.7 Å². The predicted molar refractivity (Wildman–Crippen MR) is 227 cm³/mol. The maximum atomic E-state index is 15.7. The molecule has 340 valence electrons. The molecule has 7 rings (SSSR count). The molecular weight excluding hydrogens is 827 g/mol. The van der Waals surface area contributed by atoms with Crippen molar-refractivity contribution in [2.75, 3.05) is 13.2 Å². The maximum Gasteiger partial charge on any atom is 0.508 e. The van der Waals surface area contributed by atoms with Gasteiger partial charge in [-0.3, -0.25) is 14.4 Å². The molecule has 1 aliphatic heterocycles. The van der Waals surface area contributed by atoms with Crippen molar-refractivity contribution in [3.63, 3.8) is 0 Å². The normalized spacial score (nSPS) is 31.2. The van der Waals surface area contributed by atoms with Crippen LogP contribution in [0.1, 0.15) is 93.6 Å². The zero-order chi connectivity index (χ0) is 46.4. The first-order valence-corrected chi connectivity index (χ1v) is 21.5. The number of ketones is 1. The first-order chi connectivity index (χ1) is 30.3. The van der Waals surface area contributed by atoms with Gasteiger partial charge in [0.1, 0.15) is 35.8 Å². The van der Waals surface area contributed by atoms with Crippen LogP contribution in [0.15, 0.2) is 102 Å². The van der Waals surface area contributed by atoms with Crippen molar-refractivity contribution in [3.05, 3.63) is 119 Å². The van der Waals surface area contributed by atoms with Crippen LogP contribution in [0.4, 0.5) is 4.79 Å². The number of Topliss-reactive ketones (excluding diaryl/α,β-unsaturated/α-hetero) is 1. The summed E-state index contributed by atoms with van der Waals surface area (Å²) in [7, 11) is 0. The van der Waals surface area contributed by atoms with Gasteiger partial charge in [-0.2, -0.15) is 0 Å². The number of aliphatic hydroxyl groups excluding tert-OH is 1. The Labute approximate surface area is 371 Å². The lowest BCUT2D eigenvalue weighted by Crippen LogP contribution is -2.81. The largest absolute Gasteiger partial charge is 0.508 e. The van der Waals surface area contributed by atoms with Crippen LogP contribution in [-0.4, -0.2) is 101 Å². The second-order valence-electron chi connectivity index (χ2n) is 17.9. The van der Waals surface area contributed by atoms with Gasteiger partial charge in [-0.05, 0) is 61.7 Å². The third-order valence-corrected chi connectivity index (χ3v) is 14.0. The van der Waals surface area contributed by atoms with Gasteiger partial charge in [-0.25, -0.2) is 14.4 Å². The van der Waals surface area contributed by atoms with Crippen LogP contribution in [0.5, 0.6) is 0 Å². The minimum Gasteiger partial charge on any atom is -0.456 e. The highest BCUT2D eigenvalue weighted by atomic mass is 16.7. The molecule has 3 aliphatic carbocycles. The Morgan fingerprint density at radius 2 is 1.47 bits per heavy atom. The van der Waals surface area contributed by atoms with E-state index >= 15 is 4.79 Å². The van der Waals surface area contributed by atoms with Crippen LogP contribution in [-0.2, 0) is 42.8 Å². The summed E-state index contributed by atoms with van der Waals surface area (Å²) in [4.78, 5) is 84.2. The molecule has 0 spiro atoms. The molecule has 2 bridgehead atoms. The number of hydrogen-bond acceptors (Lipinski definition) is 14. The topological polar surface area (TPSA) is 210 Å². The summed E-state index contributed by atoms with van der Waals surface area (Å²) in [5, 5.41) is 28.4. The van der Waals surface area contributed by atoms with E-state index in [2.05, 4.69) is 5.32 Å². The number of rotatable bonds is 11. The Balaban J connectivity index is 1.37. The van der Waals surface area contributed by atoms with Gasteiger partial charge < -0.3 is 44.0 Å². The van der Waals surface area contributed by atoms with Gasteiger partial charge in [-0.15, -0.1) is 0 Å². The fourth-order valence-electron chi connectivity index (χ4n) is 10.9. The number of benzene rings is 3. The van der Waals surface area contributed by atoms with E-state index < -0.39 is 113 Å². The molecule has 64 heavy (non-hydrogen) atoms. The van der Waals surface area contributed by atoms with Crippen molar-refractivity contribution in [3.8, 4) is 0 Å². The number of nitrogens with one attached hydrogen (secondary N) is 1. The Morgan fingerprint density at radius 1 is 0.875 bits per heavy atom. The molecule has 3 aromatic carbocycles. The van der Waals surface area contributed by atoms with Crippen molar-refractivity contribution in [2.24, 2.45) is 22.7 Å². The summed E-state index contributed by atoms with van der Waals surface area (Å²) in [5.41, 5.74) is -5.74. The van der Waals surface area contributed by atoms with Crippen LogP contribution in [0.3, 0.4) is 0 Å². The molecule has 3 aromatic rings. The van der Waals surface area contributed by atoms with E-state index in [1.54, 1.807) is 120 Å². The van der Waals surface area contributed by atoms with Crippen molar-refractivity contribution in [2.45, 2.75) is 109 Å². The Hall–Kier alpha value is -5.90. The van der Waals surface area contributed by atoms with E-state index in [9.17, 15) is 34.2 Å². The molecule has 11 atom stereocenters. The number of carbonyl (C=O) groups excluding carboxylic acids is 6. The maximum absolute atomic E-state index is 15.7. The molecule has 2 unspecified atom stereocenters. The molecule has 15 nitrogen and oxygen atoms in total. The standard InChI is InChI=1S/C49H55NO14/c1-8-59-45(57)62-34-24-35-48(26-60-35,64-29(4)51)39-41(63-43(55)32-22-16-11-17-23-32)49(58)25-33(27(2)36(46(49,5)6)28(3)40(53)47(34,39)7)61-44(56)38(52)37(30-18-12-9-13-19-30)50-42(54)31-20-14-10-15-21-31/h9-23,28,33-35,37-39,41,52,58H,8,24-26H2,1-7H3,(H,50,54)/t28-,33+,34+,35-,37+,38-,39?,41?,47-,48+,49-/m1/s1. The second kappa shape index (κ2) is 17.6. The number of fused-ring (bicyclic) bond motifs is 5. The highest BCUT2D eigenvalue weighted by Gasteiger charge is 2.78. The molecule has 3 N–H and O–H groups in total. The van der Waals surface area contributed by atoms with Crippen molar-refractivity contribution >= 4 is 35.8 Å². The lowest BCUT2D eigenvalue weighted by Gasteiger charge is -2.67. The van der Waals surface area contributed by atoms with Gasteiger partial charge in [0.25, 0.3) is 5.91 Å². The van der Waals surface area contributed by atoms with E-state index in [-0.39, 0.29) is 30.8 Å². The Kier molecular flexibility index (Phi) is 12.7. The molecule has 3 fully saturated rings. The number of esters is 3. The van der Waals surface area contributed by atoms with E-state index in [1.165, 1.54) is 19.1 Å². The SMILES string of the molecule is CCOC(=O)O[C@H]1C[C@H]2OC[C@@]2(OC(C)=O)C2C(OC(=O)c3ccccc3)[C@]3(O)C[C@H](OC(=O)[C@H](O)[C@@H](NC(=O)c4ccccc4)c4ccccc4)C(C)=C([C@@H](C)C(=O)[C@@]21C)C3(C)C. The molecule has 2 saturated carbocycles. The van der Waals surface area contributed by atoms with Crippen LogP contribution in [0.25, 0.3) is 0 Å². The Bertz CT molecular complexity index is 2320. The van der Waals surface area contributed by atoms with Gasteiger partial charge in [-0.1, -0.05) is 87.5 Å². The third-order valence-electron chi connectivity index (χ3n) is 14.0. The van der Waals surface area contributed by atoms with Gasteiger partial charge in [0.2, 0.25) is 0 Å². The highest BCUT2D eigenvalue weighted by molar-refractivity contribution is 5.95. The zero-order valence-electron chi connectivity index (χ0n) is 36.9. The van der Waals surface area contributed by atoms with Crippen molar-refractivity contribution in [1.82, 2.24) is 5.32 Å². The van der Waals surface area contributed by atoms with Crippen LogP contribution < -0.4 is 5.32 Å². The molecule has 0 radical (unpaired) electrons. The lowest BCUT2D eigenvalue weighted by atomic mass is 9.43. The average molecular weight is 882 g/mol. The van der Waals surface area contributed by atoms with Crippen LogP contribution in [0.2, 0.25) is 0 Å². The van der Waals surface area contributed by atoms with E-state index in [1.807, 2.05) is 0 Å². The average Bonchev–Trinajstić information content (AvgIpc) is 3.26. The number of hydrogen-bond donors (Lipinski definition) is 3. The molecular formula is C49H55NO14. The van der Waals surface area contributed by atoms with E-state index in [0.717, 1.165) is 0 Å². The Morgan fingerprint density at radius 3 is 2.03 bits per heavy atom. The van der Waals surface area contributed by atoms with Crippen LogP contribution >= 0.6 is 0 Å². The number of carbonyl (C=O) groups is 6. The smallest absolute Gasteiger partial charge is 0.456 e. The number of ether oxygens (including phenoxy) is 6. The minimum atomic E-state index is -2.26. The summed E-state index contributed by atoms with van der Waals surface area (Å²) < 4.78 is 36.0. The van der Waals surface area contributed by atoms with E-state index in [0.29, 0.717) is 16.7 Å². The van der Waals surface area contributed by atoms with Gasteiger partial charge in [0, 0.05) is 36.7 Å². The van der Waals surface area contributed by atoms with E-state index in [4.69, 9.17) is 28.4 Å². The van der Waals surface area contributed by atoms with Gasteiger partial charge in [0.05, 0.1) is 36.2 Å². The third kappa shape index (κ3) is 7.77. The summed E-state index contributed by atoms with van der Waals surface area (Å²) in [5.74, 6) is -6.39. The quantitative estimate of drug-likeness (QED) is 0.121. The zero-order valence-corrected chi connectivity index (χ0v) is 36.9. The molecule has 0 aromatic heterocycles. The molecule has 1 saturated heterocycles. The minimum absolute atomic E-state index is 0.0367. The monoisotopic (exact) mass is 881 g/mol. The fraction of sp³-hybridized carbons (Fsp3) is 0.469. The summed E-state index contributed by atoms with van der Waals surface area (Å²) in [6.45, 7) is 10.7. The summed E-state index contributed by atoms with van der Waals surface area (Å²) in [6.07, 6.45) is -9.00. The first-order valence-electron chi connectivity index (χ1n) is 21.5. The second-order valence-corrected chi connectivity index (χ2v) is 17.9. The molecule has 1 amide bonds. The number of aliphatic hydroxyl groups is 2. The molecule has 1 heterocycles. The lowest BCUT2D eigenvalue weighted by molar-refractivity contribution is -0.345. The van der Waals surface area contributed by atoms with Gasteiger partial charge >= 0.3 is 24.1 Å². The molecule has 15 heteroatoms. The predicted octanol–water partition coefficient (Wildman–Crippen LogP) is 5.62. The fourth-order valence-corrected chi connectivity index (χ4v) is 10.9. The number of amides is 1. The van der Waals surface area contributed by atoms with Gasteiger partial charge in [0.15, 0.2) is 11.7 Å². The highest BCUT2D eigenvalue weighted by Crippen LogP contribution is 2.65. The first kappa shape index (κ1) is 46.1. The van der Waals surface area contributed by atoms with Crippen molar-refractivity contribution < 1.29 is 67.4 Å². The van der Waals surface area contributed by atoms with Crippen molar-refractivity contribution in [1.29, 1.82) is 0 Å². The summed E-state index contributed by atoms with van der Waals surface area (Å²) in [6, 6.07) is 23.3.